The predicted octanol–water partition coefficient (Wildman–Crippen LogP) is 1.61. The third-order valence-corrected chi connectivity index (χ3v) is 2.10. The number of ether oxygens (including phenoxy) is 1. The Bertz CT molecular complexity index is 331. The summed E-state index contributed by atoms with van der Waals surface area (Å²) in [5.41, 5.74) is 0.814. The number of nitrogens with zero attached hydrogens (tertiary/aromatic N) is 1. The first kappa shape index (κ1) is 8.10. The summed E-state index contributed by atoms with van der Waals surface area (Å²) in [4.78, 5) is 10.2. The number of aromatic nitrogens is 1. The molecule has 0 bridgehead atoms. The third-order valence-electron chi connectivity index (χ3n) is 2.10. The highest BCUT2D eigenvalue weighted by atomic mass is 16.7. The Labute approximate surface area is 74.3 Å². The fourth-order valence-corrected chi connectivity index (χ4v) is 1.52. The second-order valence-electron chi connectivity index (χ2n) is 2.96. The summed E-state index contributed by atoms with van der Waals surface area (Å²) in [5, 5.41) is 11.9. The summed E-state index contributed by atoms with van der Waals surface area (Å²) in [6.07, 6.45) is 2.37. The summed E-state index contributed by atoms with van der Waals surface area (Å²) in [6.45, 7) is 0. The molecule has 1 aromatic rings. The summed E-state index contributed by atoms with van der Waals surface area (Å²) in [7, 11) is 0. The van der Waals surface area contributed by atoms with Crippen molar-refractivity contribution in [3.63, 3.8) is 0 Å². The zero-order valence-corrected chi connectivity index (χ0v) is 6.95. The van der Waals surface area contributed by atoms with E-state index >= 15 is 0 Å². The molecule has 1 aliphatic carbocycles. The maximum absolute atomic E-state index is 10.2. The van der Waals surface area contributed by atoms with Crippen molar-refractivity contribution in [2.45, 2.75) is 25.7 Å². The van der Waals surface area contributed by atoms with E-state index in [1.807, 2.05) is 0 Å². The molecule has 1 heterocycles. The van der Waals surface area contributed by atoms with E-state index in [2.05, 4.69) is 9.89 Å². The van der Waals surface area contributed by atoms with E-state index in [0.717, 1.165) is 37.0 Å². The van der Waals surface area contributed by atoms with Crippen molar-refractivity contribution in [2.24, 2.45) is 0 Å². The zero-order chi connectivity index (χ0) is 9.26. The molecule has 0 saturated heterocycles. The van der Waals surface area contributed by atoms with Gasteiger partial charge in [-0.2, -0.15) is 0 Å². The van der Waals surface area contributed by atoms with E-state index in [0.29, 0.717) is 0 Å². The highest BCUT2D eigenvalue weighted by Crippen LogP contribution is 2.28. The Kier molecular flexibility index (Phi) is 1.92. The maximum Gasteiger partial charge on any atom is 0.512 e. The van der Waals surface area contributed by atoms with Crippen LogP contribution in [0.4, 0.5) is 4.79 Å². The zero-order valence-electron chi connectivity index (χ0n) is 6.95. The van der Waals surface area contributed by atoms with E-state index in [1.54, 1.807) is 0 Å². The lowest BCUT2D eigenvalue weighted by molar-refractivity contribution is 0.140. The standard InChI is InChI=1S/C8H9NO4/c10-8(11)12-7-5-3-1-2-4-6(5)13-9-7/h1-4H2,(H,10,11). The maximum atomic E-state index is 10.2. The molecule has 5 heteroatoms. The molecule has 0 spiro atoms. The molecule has 0 fully saturated rings. The third kappa shape index (κ3) is 1.49. The number of hydrogen-bond acceptors (Lipinski definition) is 4. The Hall–Kier alpha value is -1.52. The molecule has 0 aromatic carbocycles. The van der Waals surface area contributed by atoms with Crippen LogP contribution in [0.1, 0.15) is 24.2 Å². The van der Waals surface area contributed by atoms with Crippen LogP contribution < -0.4 is 4.74 Å². The summed E-state index contributed by atoms with van der Waals surface area (Å²) < 4.78 is 9.41. The Morgan fingerprint density at radius 1 is 1.46 bits per heavy atom. The fourth-order valence-electron chi connectivity index (χ4n) is 1.52. The molecular weight excluding hydrogens is 174 g/mol. The summed E-state index contributed by atoms with van der Waals surface area (Å²) in [5.74, 6) is 0.879. The lowest BCUT2D eigenvalue weighted by Crippen LogP contribution is -2.07. The van der Waals surface area contributed by atoms with Crippen LogP contribution in [0.5, 0.6) is 5.88 Å². The molecule has 1 N–H and O–H groups in total. The number of carbonyl (C=O) groups is 1. The van der Waals surface area contributed by atoms with Crippen LogP contribution in [0.25, 0.3) is 0 Å². The first-order valence-corrected chi connectivity index (χ1v) is 4.15. The minimum atomic E-state index is -1.35. The van der Waals surface area contributed by atoms with Crippen molar-refractivity contribution in [1.29, 1.82) is 0 Å². The largest absolute Gasteiger partial charge is 0.512 e. The van der Waals surface area contributed by atoms with Crippen molar-refractivity contribution in [1.82, 2.24) is 5.16 Å². The van der Waals surface area contributed by atoms with E-state index in [4.69, 9.17) is 9.63 Å². The van der Waals surface area contributed by atoms with Gasteiger partial charge in [0.2, 0.25) is 0 Å². The van der Waals surface area contributed by atoms with Crippen molar-refractivity contribution in [2.75, 3.05) is 0 Å². The summed E-state index contributed by atoms with van der Waals surface area (Å²) in [6, 6.07) is 0. The van der Waals surface area contributed by atoms with Crippen LogP contribution in [0.2, 0.25) is 0 Å². The van der Waals surface area contributed by atoms with Gasteiger partial charge in [-0.1, -0.05) is 0 Å². The average molecular weight is 183 g/mol. The molecular formula is C8H9NO4. The van der Waals surface area contributed by atoms with E-state index < -0.39 is 6.16 Å². The SMILES string of the molecule is O=C(O)Oc1noc2c1CCCC2. The molecule has 1 aliphatic rings. The highest BCUT2D eigenvalue weighted by molar-refractivity contribution is 5.61. The number of aryl methyl sites for hydroxylation is 1. The molecule has 0 atom stereocenters. The second-order valence-corrected chi connectivity index (χ2v) is 2.96. The highest BCUT2D eigenvalue weighted by Gasteiger charge is 2.21. The number of rotatable bonds is 1. The lowest BCUT2D eigenvalue weighted by Gasteiger charge is -2.07. The minimum absolute atomic E-state index is 0.113. The van der Waals surface area contributed by atoms with E-state index in [1.165, 1.54) is 0 Å². The topological polar surface area (TPSA) is 72.6 Å². The Balaban J connectivity index is 2.26. The lowest BCUT2D eigenvalue weighted by atomic mass is 9.99. The van der Waals surface area contributed by atoms with Crippen molar-refractivity contribution in [3.05, 3.63) is 11.3 Å². The molecule has 0 unspecified atom stereocenters. The van der Waals surface area contributed by atoms with Crippen LogP contribution >= 0.6 is 0 Å². The predicted molar refractivity (Wildman–Crippen MR) is 41.8 cm³/mol. The first-order chi connectivity index (χ1) is 6.27. The molecule has 5 nitrogen and oxygen atoms in total. The number of carboxylic acid groups (broad SMARTS) is 1. The van der Waals surface area contributed by atoms with Crippen LogP contribution in [-0.2, 0) is 12.8 Å². The second kappa shape index (κ2) is 3.08. The van der Waals surface area contributed by atoms with Gasteiger partial charge in [-0.25, -0.2) is 4.79 Å². The number of fused-ring (bicyclic) bond motifs is 1. The molecule has 0 saturated carbocycles. The molecule has 70 valence electrons. The Morgan fingerprint density at radius 2 is 2.23 bits per heavy atom. The van der Waals surface area contributed by atoms with Gasteiger partial charge < -0.3 is 14.4 Å². The van der Waals surface area contributed by atoms with Crippen LogP contribution in [0.15, 0.2) is 4.52 Å². The van der Waals surface area contributed by atoms with Gasteiger partial charge in [0, 0.05) is 6.42 Å². The van der Waals surface area contributed by atoms with Gasteiger partial charge in [0.05, 0.1) is 5.56 Å². The summed E-state index contributed by atoms with van der Waals surface area (Å²) >= 11 is 0. The Morgan fingerprint density at radius 3 is 3.00 bits per heavy atom. The smallest absolute Gasteiger partial charge is 0.449 e. The van der Waals surface area contributed by atoms with E-state index in [9.17, 15) is 4.79 Å². The van der Waals surface area contributed by atoms with Crippen LogP contribution in [-0.4, -0.2) is 16.4 Å². The van der Waals surface area contributed by atoms with Gasteiger partial charge >= 0.3 is 6.16 Å². The molecule has 13 heavy (non-hydrogen) atoms. The molecule has 0 aliphatic heterocycles. The minimum Gasteiger partial charge on any atom is -0.449 e. The van der Waals surface area contributed by atoms with Gasteiger partial charge in [0.1, 0.15) is 5.76 Å². The van der Waals surface area contributed by atoms with E-state index in [-0.39, 0.29) is 5.88 Å². The van der Waals surface area contributed by atoms with Crippen molar-refractivity contribution >= 4 is 6.16 Å². The quantitative estimate of drug-likeness (QED) is 0.669. The van der Waals surface area contributed by atoms with Crippen molar-refractivity contribution in [3.8, 4) is 5.88 Å². The molecule has 1 aromatic heterocycles. The molecule has 0 radical (unpaired) electrons. The monoisotopic (exact) mass is 183 g/mol. The van der Waals surface area contributed by atoms with Gasteiger partial charge in [0.25, 0.3) is 5.88 Å². The molecule has 2 rings (SSSR count). The normalized spacial score (nSPS) is 15.1. The van der Waals surface area contributed by atoms with Gasteiger partial charge in [-0.05, 0) is 24.4 Å². The fraction of sp³-hybridized carbons (Fsp3) is 0.500. The van der Waals surface area contributed by atoms with Crippen LogP contribution in [0.3, 0.4) is 0 Å². The first-order valence-electron chi connectivity index (χ1n) is 4.15. The number of hydrogen-bond donors (Lipinski definition) is 1. The average Bonchev–Trinajstić information content (AvgIpc) is 2.48. The van der Waals surface area contributed by atoms with Gasteiger partial charge in [-0.15, -0.1) is 0 Å². The van der Waals surface area contributed by atoms with Gasteiger partial charge in [0.15, 0.2) is 0 Å². The van der Waals surface area contributed by atoms with Gasteiger partial charge in [-0.3, -0.25) is 0 Å². The molecule has 0 amide bonds. The van der Waals surface area contributed by atoms with Crippen LogP contribution in [0, 0.1) is 0 Å². The van der Waals surface area contributed by atoms with Crippen molar-refractivity contribution < 1.29 is 19.2 Å².